The molecule has 0 bridgehead atoms. The summed E-state index contributed by atoms with van der Waals surface area (Å²) in [6.07, 6.45) is 1.22. The summed E-state index contributed by atoms with van der Waals surface area (Å²) in [6, 6.07) is 9.93. The Labute approximate surface area is 143 Å². The van der Waals surface area contributed by atoms with E-state index in [1.807, 2.05) is 36.5 Å². The Morgan fingerprint density at radius 2 is 2.08 bits per heavy atom. The van der Waals surface area contributed by atoms with Crippen LogP contribution >= 0.6 is 0 Å². The molecule has 7 nitrogen and oxygen atoms in total. The van der Waals surface area contributed by atoms with Crippen LogP contribution in [0.2, 0.25) is 0 Å². The molecule has 0 aliphatic rings. The van der Waals surface area contributed by atoms with Crippen LogP contribution in [0.25, 0.3) is 33.2 Å². The van der Waals surface area contributed by atoms with Gasteiger partial charge in [0, 0.05) is 18.1 Å². The van der Waals surface area contributed by atoms with E-state index in [9.17, 15) is 5.11 Å². The van der Waals surface area contributed by atoms with Crippen LogP contribution in [-0.4, -0.2) is 43.3 Å². The molecule has 0 amide bonds. The third kappa shape index (κ3) is 2.84. The quantitative estimate of drug-likeness (QED) is 0.384. The van der Waals surface area contributed by atoms with Gasteiger partial charge in [0.1, 0.15) is 23.4 Å². The highest BCUT2D eigenvalue weighted by Gasteiger charge is 2.12. The maximum atomic E-state index is 9.71. The van der Waals surface area contributed by atoms with E-state index < -0.39 is 6.10 Å². The lowest BCUT2D eigenvalue weighted by Crippen LogP contribution is -2.07. The fourth-order valence-electron chi connectivity index (χ4n) is 2.95. The van der Waals surface area contributed by atoms with E-state index in [0.29, 0.717) is 18.2 Å². The molecular weight excluding hydrogens is 318 g/mol. The minimum absolute atomic E-state index is 0.0437. The third-order valence-electron chi connectivity index (χ3n) is 4.15. The molecule has 128 valence electrons. The molecule has 7 heteroatoms. The van der Waals surface area contributed by atoms with Crippen LogP contribution in [0.15, 0.2) is 36.5 Å². The topological polar surface area (TPSA) is 110 Å². The van der Waals surface area contributed by atoms with Gasteiger partial charge < -0.3 is 25.5 Å². The second-order valence-electron chi connectivity index (χ2n) is 5.98. The summed E-state index contributed by atoms with van der Waals surface area (Å²) in [5.74, 6) is 1.26. The predicted molar refractivity (Wildman–Crippen MR) is 97.4 cm³/mol. The van der Waals surface area contributed by atoms with Gasteiger partial charge in [0.05, 0.1) is 17.6 Å². The Balaban J connectivity index is 1.84. The fourth-order valence-corrected chi connectivity index (χ4v) is 2.95. The highest BCUT2D eigenvalue weighted by atomic mass is 16.3. The molecule has 0 spiro atoms. The molecule has 0 fully saturated rings. The second kappa shape index (κ2) is 6.19. The average molecular weight is 337 g/mol. The van der Waals surface area contributed by atoms with Crippen LogP contribution in [0.1, 0.15) is 18.9 Å². The van der Waals surface area contributed by atoms with Crippen LogP contribution in [0.4, 0.5) is 5.82 Å². The first-order valence-corrected chi connectivity index (χ1v) is 8.16. The van der Waals surface area contributed by atoms with Crippen LogP contribution in [0.5, 0.6) is 0 Å². The predicted octanol–water partition coefficient (Wildman–Crippen LogP) is 2.56. The molecule has 0 saturated carbocycles. The van der Waals surface area contributed by atoms with Gasteiger partial charge in [-0.2, -0.15) is 0 Å². The lowest BCUT2D eigenvalue weighted by molar-refractivity contribution is 0.190. The minimum Gasteiger partial charge on any atom is -0.395 e. The number of aliphatic hydroxyl groups is 2. The Hall–Kier alpha value is -2.90. The summed E-state index contributed by atoms with van der Waals surface area (Å²) in [5, 5.41) is 22.9. The number of aromatic nitrogens is 4. The van der Waals surface area contributed by atoms with Crippen molar-refractivity contribution in [3.05, 3.63) is 42.4 Å². The molecule has 0 radical (unpaired) electrons. The zero-order valence-electron chi connectivity index (χ0n) is 13.7. The van der Waals surface area contributed by atoms with Gasteiger partial charge in [-0.1, -0.05) is 6.07 Å². The van der Waals surface area contributed by atoms with Crippen molar-refractivity contribution < 1.29 is 10.2 Å². The van der Waals surface area contributed by atoms with Crippen molar-refractivity contribution in [1.82, 2.24) is 19.9 Å². The summed E-state index contributed by atoms with van der Waals surface area (Å²) >= 11 is 0. The first kappa shape index (κ1) is 15.6. The maximum Gasteiger partial charge on any atom is 0.140 e. The molecule has 0 aliphatic heterocycles. The van der Waals surface area contributed by atoms with Gasteiger partial charge in [0.15, 0.2) is 0 Å². The number of H-pyrrole nitrogens is 2. The smallest absolute Gasteiger partial charge is 0.140 e. The Morgan fingerprint density at radius 3 is 2.88 bits per heavy atom. The molecule has 1 atom stereocenters. The number of pyridine rings is 1. The Morgan fingerprint density at radius 1 is 1.20 bits per heavy atom. The Kier molecular flexibility index (Phi) is 3.87. The van der Waals surface area contributed by atoms with Gasteiger partial charge in [0.2, 0.25) is 0 Å². The molecule has 5 N–H and O–H groups in total. The van der Waals surface area contributed by atoms with Crippen molar-refractivity contribution >= 4 is 27.9 Å². The van der Waals surface area contributed by atoms with Gasteiger partial charge in [0.25, 0.3) is 0 Å². The van der Waals surface area contributed by atoms with Crippen molar-refractivity contribution in [1.29, 1.82) is 0 Å². The van der Waals surface area contributed by atoms with Crippen molar-refractivity contribution in [3.63, 3.8) is 0 Å². The van der Waals surface area contributed by atoms with Crippen LogP contribution in [0, 0.1) is 0 Å². The van der Waals surface area contributed by atoms with Crippen LogP contribution < -0.4 is 5.32 Å². The van der Waals surface area contributed by atoms with E-state index in [2.05, 4.69) is 25.3 Å². The van der Waals surface area contributed by atoms with Crippen molar-refractivity contribution in [2.45, 2.75) is 13.0 Å². The maximum absolute atomic E-state index is 9.71. The van der Waals surface area contributed by atoms with Gasteiger partial charge in [-0.05, 0) is 42.3 Å². The first-order valence-electron chi connectivity index (χ1n) is 8.16. The molecule has 25 heavy (non-hydrogen) atoms. The summed E-state index contributed by atoms with van der Waals surface area (Å²) in [6.45, 7) is 2.17. The number of anilines is 1. The summed E-state index contributed by atoms with van der Waals surface area (Å²) in [4.78, 5) is 15.2. The lowest BCUT2D eigenvalue weighted by Gasteiger charge is -2.09. The standard InChI is InChI=1S/C18H19N5O2/c1-10(25)17-21-14-3-2-11(8-15(14)22-17)13-9-16(19-6-7-24)23-18-12(13)4-5-20-18/h2-5,8-10,24-25H,6-7H2,1H3,(H,21,22)(H2,19,20,23)/t10-/m0/s1. The van der Waals surface area contributed by atoms with Crippen LogP contribution in [-0.2, 0) is 0 Å². The second-order valence-corrected chi connectivity index (χ2v) is 5.98. The molecule has 1 aromatic carbocycles. The van der Waals surface area contributed by atoms with E-state index in [1.165, 1.54) is 0 Å². The molecular formula is C18H19N5O2. The van der Waals surface area contributed by atoms with Gasteiger partial charge in [-0.25, -0.2) is 9.97 Å². The molecule has 0 saturated heterocycles. The summed E-state index contributed by atoms with van der Waals surface area (Å²) in [7, 11) is 0. The molecule has 3 heterocycles. The number of fused-ring (bicyclic) bond motifs is 2. The average Bonchev–Trinajstić information content (AvgIpc) is 3.24. The first-order chi connectivity index (χ1) is 12.2. The third-order valence-corrected chi connectivity index (χ3v) is 4.15. The van der Waals surface area contributed by atoms with E-state index in [0.717, 1.165) is 33.2 Å². The molecule has 3 aromatic heterocycles. The van der Waals surface area contributed by atoms with Gasteiger partial charge in [-0.3, -0.25) is 0 Å². The van der Waals surface area contributed by atoms with E-state index >= 15 is 0 Å². The van der Waals surface area contributed by atoms with Gasteiger partial charge >= 0.3 is 0 Å². The molecule has 4 aromatic rings. The van der Waals surface area contributed by atoms with E-state index in [-0.39, 0.29) is 6.61 Å². The van der Waals surface area contributed by atoms with Crippen molar-refractivity contribution in [3.8, 4) is 11.1 Å². The molecule has 0 aliphatic carbocycles. The number of nitrogens with one attached hydrogen (secondary N) is 3. The summed E-state index contributed by atoms with van der Waals surface area (Å²) < 4.78 is 0. The minimum atomic E-state index is -0.637. The molecule has 0 unspecified atom stereocenters. The Bertz CT molecular complexity index is 1030. The number of rotatable bonds is 5. The van der Waals surface area contributed by atoms with E-state index in [1.54, 1.807) is 6.92 Å². The normalized spacial score (nSPS) is 12.8. The zero-order valence-corrected chi connectivity index (χ0v) is 13.7. The number of hydrogen-bond donors (Lipinski definition) is 5. The van der Waals surface area contributed by atoms with Crippen molar-refractivity contribution in [2.75, 3.05) is 18.5 Å². The lowest BCUT2D eigenvalue weighted by atomic mass is 10.0. The van der Waals surface area contributed by atoms with E-state index in [4.69, 9.17) is 5.11 Å². The highest BCUT2D eigenvalue weighted by Crippen LogP contribution is 2.31. The zero-order chi connectivity index (χ0) is 17.4. The largest absolute Gasteiger partial charge is 0.395 e. The SMILES string of the molecule is C[C@H](O)c1nc2ccc(-c3cc(NCCO)nc4[nH]ccc34)cc2[nH]1. The summed E-state index contributed by atoms with van der Waals surface area (Å²) in [5.41, 5.74) is 4.53. The number of imidazole rings is 1. The number of hydrogen-bond acceptors (Lipinski definition) is 5. The number of benzene rings is 1. The number of aliphatic hydroxyl groups excluding tert-OH is 2. The van der Waals surface area contributed by atoms with Crippen molar-refractivity contribution in [2.24, 2.45) is 0 Å². The monoisotopic (exact) mass is 337 g/mol. The fraction of sp³-hybridized carbons (Fsp3) is 0.222. The molecule has 4 rings (SSSR count). The highest BCUT2D eigenvalue weighted by molar-refractivity contribution is 5.96. The number of aromatic amines is 2. The number of nitrogens with zero attached hydrogens (tertiary/aromatic N) is 2. The van der Waals surface area contributed by atoms with Gasteiger partial charge in [-0.15, -0.1) is 0 Å². The van der Waals surface area contributed by atoms with Crippen LogP contribution in [0.3, 0.4) is 0 Å².